The van der Waals surface area contributed by atoms with Crippen LogP contribution in [-0.2, 0) is 0 Å². The van der Waals surface area contributed by atoms with E-state index in [4.69, 9.17) is 6.42 Å². The Kier molecular flexibility index (Phi) is 16.5. The standard InChI is InChI=1S/C18H36N4S2/c1-2-3-4-17-23-24-18-7-15-22-14-6-10-20-12-11-19-8-5-9-21-13-16-22/h1,19-21H,3-18H2. The quantitative estimate of drug-likeness (QED) is 0.344. The van der Waals surface area contributed by atoms with E-state index in [2.05, 4.69) is 26.8 Å². The fourth-order valence-electron chi connectivity index (χ4n) is 2.59. The molecular weight excluding hydrogens is 336 g/mol. The van der Waals surface area contributed by atoms with Gasteiger partial charge in [0.25, 0.3) is 0 Å². The average Bonchev–Trinajstić information content (AvgIpc) is 2.60. The van der Waals surface area contributed by atoms with Gasteiger partial charge in [0.1, 0.15) is 0 Å². The molecule has 24 heavy (non-hydrogen) atoms. The topological polar surface area (TPSA) is 39.3 Å². The molecule has 6 heteroatoms. The van der Waals surface area contributed by atoms with E-state index in [1.165, 1.54) is 50.4 Å². The highest BCUT2D eigenvalue weighted by Gasteiger charge is 2.05. The highest BCUT2D eigenvalue weighted by atomic mass is 33.1. The van der Waals surface area contributed by atoms with Crippen LogP contribution in [0.25, 0.3) is 0 Å². The minimum atomic E-state index is 0.915. The van der Waals surface area contributed by atoms with Crippen LogP contribution in [0.1, 0.15) is 32.1 Å². The zero-order valence-electron chi connectivity index (χ0n) is 15.2. The smallest absolute Gasteiger partial charge is 0.0107 e. The first-order chi connectivity index (χ1) is 11.9. The molecule has 0 aliphatic carbocycles. The molecule has 3 N–H and O–H groups in total. The summed E-state index contributed by atoms with van der Waals surface area (Å²) in [5.41, 5.74) is 0. The Balaban J connectivity index is 2.08. The van der Waals surface area contributed by atoms with E-state index in [0.717, 1.165) is 52.1 Å². The Morgan fingerprint density at radius 2 is 1.46 bits per heavy atom. The van der Waals surface area contributed by atoms with Crippen molar-refractivity contribution in [1.29, 1.82) is 0 Å². The summed E-state index contributed by atoms with van der Waals surface area (Å²) in [6.07, 6.45) is 11.1. The van der Waals surface area contributed by atoms with Crippen LogP contribution < -0.4 is 16.0 Å². The van der Waals surface area contributed by atoms with Crippen LogP contribution in [0.15, 0.2) is 0 Å². The second kappa shape index (κ2) is 17.9. The molecule has 0 aromatic heterocycles. The van der Waals surface area contributed by atoms with E-state index >= 15 is 0 Å². The summed E-state index contributed by atoms with van der Waals surface area (Å²) >= 11 is 0. The predicted octanol–water partition coefficient (Wildman–Crippen LogP) is 2.04. The average molecular weight is 373 g/mol. The van der Waals surface area contributed by atoms with Gasteiger partial charge in [0.15, 0.2) is 0 Å². The van der Waals surface area contributed by atoms with Crippen LogP contribution in [0, 0.1) is 12.3 Å². The predicted molar refractivity (Wildman–Crippen MR) is 112 cm³/mol. The minimum absolute atomic E-state index is 0.915. The largest absolute Gasteiger partial charge is 0.315 e. The van der Waals surface area contributed by atoms with Crippen molar-refractivity contribution in [3.05, 3.63) is 0 Å². The van der Waals surface area contributed by atoms with Gasteiger partial charge in [-0.05, 0) is 58.4 Å². The van der Waals surface area contributed by atoms with E-state index in [0.29, 0.717) is 0 Å². The first-order valence-electron chi connectivity index (χ1n) is 9.46. The number of rotatable bonds is 8. The summed E-state index contributed by atoms with van der Waals surface area (Å²) in [5.74, 6) is 5.13. The normalized spacial score (nSPS) is 19.5. The molecule has 0 atom stereocenters. The maximum Gasteiger partial charge on any atom is 0.0107 e. The summed E-state index contributed by atoms with van der Waals surface area (Å²) in [5, 5.41) is 10.6. The van der Waals surface area contributed by atoms with Crippen molar-refractivity contribution in [3.63, 3.8) is 0 Å². The van der Waals surface area contributed by atoms with Gasteiger partial charge in [-0.15, -0.1) is 12.3 Å². The number of terminal acetylenes is 1. The van der Waals surface area contributed by atoms with E-state index in [9.17, 15) is 0 Å². The van der Waals surface area contributed by atoms with Crippen molar-refractivity contribution in [2.75, 3.05) is 70.4 Å². The monoisotopic (exact) mass is 372 g/mol. The fraction of sp³-hybridized carbons (Fsp3) is 0.889. The molecule has 4 nitrogen and oxygen atoms in total. The highest BCUT2D eigenvalue weighted by molar-refractivity contribution is 8.76. The van der Waals surface area contributed by atoms with Crippen molar-refractivity contribution in [3.8, 4) is 12.3 Å². The Morgan fingerprint density at radius 1 is 0.792 bits per heavy atom. The molecular formula is C18H36N4S2. The van der Waals surface area contributed by atoms with Crippen molar-refractivity contribution < 1.29 is 0 Å². The van der Waals surface area contributed by atoms with Crippen molar-refractivity contribution >= 4 is 21.6 Å². The molecule has 140 valence electrons. The van der Waals surface area contributed by atoms with Crippen LogP contribution in [-0.4, -0.2) is 75.3 Å². The number of hydrogen-bond donors (Lipinski definition) is 3. The zero-order valence-corrected chi connectivity index (χ0v) is 16.8. The van der Waals surface area contributed by atoms with Crippen LogP contribution in [0.2, 0.25) is 0 Å². The van der Waals surface area contributed by atoms with Gasteiger partial charge in [0.2, 0.25) is 0 Å². The molecule has 1 aliphatic heterocycles. The van der Waals surface area contributed by atoms with E-state index < -0.39 is 0 Å². The van der Waals surface area contributed by atoms with Crippen molar-refractivity contribution in [1.82, 2.24) is 20.9 Å². The summed E-state index contributed by atoms with van der Waals surface area (Å²) < 4.78 is 0. The first kappa shape index (κ1) is 22.1. The maximum atomic E-state index is 5.27. The van der Waals surface area contributed by atoms with Gasteiger partial charge in [0, 0.05) is 44.1 Å². The lowest BCUT2D eigenvalue weighted by molar-refractivity contribution is 0.269. The van der Waals surface area contributed by atoms with E-state index in [1.54, 1.807) is 0 Å². The molecule has 0 unspecified atom stereocenters. The van der Waals surface area contributed by atoms with Gasteiger partial charge in [0.05, 0.1) is 0 Å². The SMILES string of the molecule is C#CCCCSSCCCN1CCCNCCNCCCNCC1. The summed E-state index contributed by atoms with van der Waals surface area (Å²) in [4.78, 5) is 2.63. The van der Waals surface area contributed by atoms with Gasteiger partial charge >= 0.3 is 0 Å². The lowest BCUT2D eigenvalue weighted by atomic mass is 10.3. The zero-order chi connectivity index (χ0) is 17.1. The third kappa shape index (κ3) is 14.4. The molecule has 0 amide bonds. The van der Waals surface area contributed by atoms with Gasteiger partial charge in [-0.3, -0.25) is 0 Å². The first-order valence-corrected chi connectivity index (χ1v) is 11.9. The van der Waals surface area contributed by atoms with Gasteiger partial charge < -0.3 is 20.9 Å². The van der Waals surface area contributed by atoms with E-state index in [1.807, 2.05) is 21.6 Å². The van der Waals surface area contributed by atoms with Crippen LogP contribution in [0.4, 0.5) is 0 Å². The minimum Gasteiger partial charge on any atom is -0.315 e. The third-order valence-electron chi connectivity index (χ3n) is 3.95. The maximum absolute atomic E-state index is 5.27. The highest BCUT2D eigenvalue weighted by Crippen LogP contribution is 2.23. The second-order valence-corrected chi connectivity index (χ2v) is 8.81. The molecule has 0 spiro atoms. The van der Waals surface area contributed by atoms with Crippen molar-refractivity contribution in [2.45, 2.75) is 32.1 Å². The molecule has 0 bridgehead atoms. The summed E-state index contributed by atoms with van der Waals surface area (Å²) in [6.45, 7) is 10.3. The molecule has 0 aromatic rings. The molecule has 1 rings (SSSR count). The Morgan fingerprint density at radius 3 is 2.21 bits per heavy atom. The molecule has 0 radical (unpaired) electrons. The Bertz CT molecular complexity index is 296. The molecule has 1 aliphatic rings. The van der Waals surface area contributed by atoms with E-state index in [-0.39, 0.29) is 0 Å². The second-order valence-electron chi connectivity index (χ2n) is 6.10. The molecule has 1 heterocycles. The molecule has 1 saturated heterocycles. The van der Waals surface area contributed by atoms with Crippen LogP contribution in [0.3, 0.4) is 0 Å². The lowest BCUT2D eigenvalue weighted by Crippen LogP contribution is -2.37. The number of hydrogen-bond acceptors (Lipinski definition) is 6. The fourth-order valence-corrected chi connectivity index (χ4v) is 4.75. The van der Waals surface area contributed by atoms with Gasteiger partial charge in [-0.2, -0.15) is 0 Å². The third-order valence-corrected chi connectivity index (χ3v) is 6.53. The van der Waals surface area contributed by atoms with Gasteiger partial charge in [-0.1, -0.05) is 21.6 Å². The van der Waals surface area contributed by atoms with Crippen LogP contribution >= 0.6 is 21.6 Å². The Labute approximate surface area is 157 Å². The summed E-state index contributed by atoms with van der Waals surface area (Å²) in [6, 6.07) is 0. The molecule has 0 saturated carbocycles. The van der Waals surface area contributed by atoms with Gasteiger partial charge in [-0.25, -0.2) is 0 Å². The Hall–Kier alpha value is 0.1000. The van der Waals surface area contributed by atoms with Crippen molar-refractivity contribution in [2.24, 2.45) is 0 Å². The van der Waals surface area contributed by atoms with Crippen LogP contribution in [0.5, 0.6) is 0 Å². The summed E-state index contributed by atoms with van der Waals surface area (Å²) in [7, 11) is 3.98. The lowest BCUT2D eigenvalue weighted by Gasteiger charge is -2.23. The number of unbranched alkanes of at least 4 members (excludes halogenated alkanes) is 1. The molecule has 0 aromatic carbocycles. The number of nitrogens with one attached hydrogen (secondary N) is 3. The molecule has 1 fully saturated rings. The number of nitrogens with zero attached hydrogens (tertiary/aromatic N) is 1.